The van der Waals surface area contributed by atoms with Crippen LogP contribution in [0.4, 0.5) is 0 Å². The van der Waals surface area contributed by atoms with Gasteiger partial charge in [0.1, 0.15) is 6.10 Å². The minimum atomic E-state index is -0.387. The Morgan fingerprint density at radius 2 is 2.20 bits per heavy atom. The van der Waals surface area contributed by atoms with Gasteiger partial charge in [0.05, 0.1) is 12.3 Å². The number of carbonyl (C=O) groups excluding carboxylic acids is 1. The number of aromatic nitrogens is 2. The van der Waals surface area contributed by atoms with Crippen molar-refractivity contribution in [2.24, 2.45) is 0 Å². The van der Waals surface area contributed by atoms with Crippen molar-refractivity contribution in [3.8, 4) is 0 Å². The van der Waals surface area contributed by atoms with Gasteiger partial charge in [-0.15, -0.1) is 0 Å². The molecule has 0 aromatic carbocycles. The lowest BCUT2D eigenvalue weighted by Gasteiger charge is -2.21. The first-order valence-electron chi connectivity index (χ1n) is 7.01. The Balaban J connectivity index is 2.46. The SMILES string of the molecule is CCOC(=O)c1nc(C(CC)OC)nc2c1CNCC2. The quantitative estimate of drug-likeness (QED) is 0.821. The highest BCUT2D eigenvalue weighted by molar-refractivity contribution is 5.89. The number of rotatable bonds is 5. The summed E-state index contributed by atoms with van der Waals surface area (Å²) in [5.41, 5.74) is 2.14. The lowest BCUT2D eigenvalue weighted by Crippen LogP contribution is -2.29. The van der Waals surface area contributed by atoms with Crippen molar-refractivity contribution < 1.29 is 14.3 Å². The van der Waals surface area contributed by atoms with Gasteiger partial charge >= 0.3 is 5.97 Å². The molecule has 1 aliphatic rings. The summed E-state index contributed by atoms with van der Waals surface area (Å²) in [5.74, 6) is 0.181. The Morgan fingerprint density at radius 1 is 1.40 bits per heavy atom. The molecule has 0 aliphatic carbocycles. The maximum Gasteiger partial charge on any atom is 0.357 e. The second-order valence-electron chi connectivity index (χ2n) is 4.64. The van der Waals surface area contributed by atoms with Crippen LogP contribution in [0.5, 0.6) is 0 Å². The molecular weight excluding hydrogens is 258 g/mol. The summed E-state index contributed by atoms with van der Waals surface area (Å²) in [7, 11) is 1.63. The monoisotopic (exact) mass is 279 g/mol. The fourth-order valence-electron chi connectivity index (χ4n) is 2.33. The number of nitrogens with one attached hydrogen (secondary N) is 1. The number of hydrogen-bond donors (Lipinski definition) is 1. The van der Waals surface area contributed by atoms with Crippen LogP contribution in [-0.4, -0.2) is 36.2 Å². The zero-order chi connectivity index (χ0) is 14.5. The Labute approximate surface area is 118 Å². The average molecular weight is 279 g/mol. The molecule has 0 saturated carbocycles. The molecule has 0 amide bonds. The maximum absolute atomic E-state index is 12.1. The number of nitrogens with zero attached hydrogens (tertiary/aromatic N) is 2. The third kappa shape index (κ3) is 2.96. The second kappa shape index (κ2) is 6.76. The van der Waals surface area contributed by atoms with Gasteiger partial charge < -0.3 is 14.8 Å². The molecule has 0 fully saturated rings. The van der Waals surface area contributed by atoms with Crippen LogP contribution in [0.15, 0.2) is 0 Å². The van der Waals surface area contributed by atoms with E-state index in [4.69, 9.17) is 9.47 Å². The number of carbonyl (C=O) groups is 1. The zero-order valence-electron chi connectivity index (χ0n) is 12.2. The Bertz CT molecular complexity index is 487. The van der Waals surface area contributed by atoms with Crippen molar-refractivity contribution >= 4 is 5.97 Å². The van der Waals surface area contributed by atoms with Crippen molar-refractivity contribution in [1.29, 1.82) is 0 Å². The van der Waals surface area contributed by atoms with Crippen LogP contribution < -0.4 is 5.32 Å². The molecule has 110 valence electrons. The van der Waals surface area contributed by atoms with Gasteiger partial charge in [0, 0.05) is 32.2 Å². The fraction of sp³-hybridized carbons (Fsp3) is 0.643. The van der Waals surface area contributed by atoms with Gasteiger partial charge in [0.15, 0.2) is 11.5 Å². The molecule has 6 heteroatoms. The van der Waals surface area contributed by atoms with E-state index in [1.54, 1.807) is 14.0 Å². The summed E-state index contributed by atoms with van der Waals surface area (Å²) in [6, 6.07) is 0. The highest BCUT2D eigenvalue weighted by Crippen LogP contribution is 2.22. The van der Waals surface area contributed by atoms with Crippen molar-refractivity contribution in [2.75, 3.05) is 20.3 Å². The molecule has 0 bridgehead atoms. The summed E-state index contributed by atoms with van der Waals surface area (Å²) in [5, 5.41) is 3.24. The summed E-state index contributed by atoms with van der Waals surface area (Å²) < 4.78 is 10.5. The van der Waals surface area contributed by atoms with Crippen LogP contribution in [0.25, 0.3) is 0 Å². The van der Waals surface area contributed by atoms with E-state index in [2.05, 4.69) is 15.3 Å². The van der Waals surface area contributed by atoms with Crippen molar-refractivity contribution in [2.45, 2.75) is 39.3 Å². The first-order chi connectivity index (χ1) is 9.71. The molecule has 2 heterocycles. The molecule has 1 aliphatic heterocycles. The summed E-state index contributed by atoms with van der Waals surface area (Å²) in [6.45, 7) is 5.59. The van der Waals surface area contributed by atoms with Crippen LogP contribution >= 0.6 is 0 Å². The van der Waals surface area contributed by atoms with Gasteiger partial charge in [-0.05, 0) is 13.3 Å². The minimum Gasteiger partial charge on any atom is -0.461 e. The number of ether oxygens (including phenoxy) is 2. The molecule has 6 nitrogen and oxygen atoms in total. The van der Waals surface area contributed by atoms with E-state index in [0.717, 1.165) is 30.6 Å². The van der Waals surface area contributed by atoms with E-state index in [9.17, 15) is 4.79 Å². The molecule has 1 aromatic heterocycles. The predicted octanol–water partition coefficient (Wildman–Crippen LogP) is 1.40. The van der Waals surface area contributed by atoms with Crippen molar-refractivity contribution in [3.05, 3.63) is 22.8 Å². The maximum atomic E-state index is 12.1. The molecule has 0 saturated heterocycles. The molecule has 1 N–H and O–H groups in total. The van der Waals surface area contributed by atoms with Crippen LogP contribution in [0.1, 0.15) is 53.9 Å². The summed E-state index contributed by atoms with van der Waals surface area (Å²) in [6.07, 6.45) is 1.36. The van der Waals surface area contributed by atoms with Gasteiger partial charge in [-0.2, -0.15) is 0 Å². The number of fused-ring (bicyclic) bond motifs is 1. The molecule has 1 aromatic rings. The molecule has 0 spiro atoms. The number of esters is 1. The highest BCUT2D eigenvalue weighted by Gasteiger charge is 2.25. The third-order valence-electron chi connectivity index (χ3n) is 3.36. The standard InChI is InChI=1S/C14H21N3O3/c1-4-11(19-3)13-16-10-6-7-15-8-9(10)12(17-13)14(18)20-5-2/h11,15H,4-8H2,1-3H3. The smallest absolute Gasteiger partial charge is 0.357 e. The van der Waals surface area contributed by atoms with E-state index in [1.807, 2.05) is 6.92 Å². The first kappa shape index (κ1) is 14.9. The zero-order valence-corrected chi connectivity index (χ0v) is 12.2. The highest BCUT2D eigenvalue weighted by atomic mass is 16.5. The summed E-state index contributed by atoms with van der Waals surface area (Å²) >= 11 is 0. The number of methoxy groups -OCH3 is 1. The van der Waals surface area contributed by atoms with Gasteiger partial charge in [0.2, 0.25) is 0 Å². The largest absolute Gasteiger partial charge is 0.461 e. The van der Waals surface area contributed by atoms with Gasteiger partial charge in [-0.25, -0.2) is 14.8 Å². The Morgan fingerprint density at radius 3 is 2.85 bits per heavy atom. The van der Waals surface area contributed by atoms with Crippen LogP contribution in [-0.2, 0) is 22.4 Å². The van der Waals surface area contributed by atoms with E-state index in [0.29, 0.717) is 24.7 Å². The molecule has 1 unspecified atom stereocenters. The van der Waals surface area contributed by atoms with Gasteiger partial charge in [-0.3, -0.25) is 0 Å². The first-order valence-corrected chi connectivity index (χ1v) is 7.01. The molecule has 0 radical (unpaired) electrons. The fourth-order valence-corrected chi connectivity index (χ4v) is 2.33. The molecule has 20 heavy (non-hydrogen) atoms. The van der Waals surface area contributed by atoms with Crippen LogP contribution in [0, 0.1) is 0 Å². The third-order valence-corrected chi connectivity index (χ3v) is 3.36. The normalized spacial score (nSPS) is 15.6. The molecule has 1 atom stereocenters. The lowest BCUT2D eigenvalue weighted by atomic mass is 10.0. The van der Waals surface area contributed by atoms with Crippen molar-refractivity contribution in [3.63, 3.8) is 0 Å². The summed E-state index contributed by atoms with van der Waals surface area (Å²) in [4.78, 5) is 21.1. The van der Waals surface area contributed by atoms with Crippen LogP contribution in [0.3, 0.4) is 0 Å². The lowest BCUT2D eigenvalue weighted by molar-refractivity contribution is 0.0513. The second-order valence-corrected chi connectivity index (χ2v) is 4.64. The van der Waals surface area contributed by atoms with E-state index in [-0.39, 0.29) is 12.1 Å². The minimum absolute atomic E-state index is 0.191. The van der Waals surface area contributed by atoms with E-state index < -0.39 is 0 Å². The number of hydrogen-bond acceptors (Lipinski definition) is 6. The van der Waals surface area contributed by atoms with Crippen LogP contribution in [0.2, 0.25) is 0 Å². The van der Waals surface area contributed by atoms with Gasteiger partial charge in [-0.1, -0.05) is 6.92 Å². The Hall–Kier alpha value is -1.53. The molecular formula is C14H21N3O3. The predicted molar refractivity (Wildman–Crippen MR) is 73.4 cm³/mol. The Kier molecular flexibility index (Phi) is 5.03. The average Bonchev–Trinajstić information content (AvgIpc) is 2.48. The van der Waals surface area contributed by atoms with E-state index in [1.165, 1.54) is 0 Å². The molecule has 2 rings (SSSR count). The van der Waals surface area contributed by atoms with E-state index >= 15 is 0 Å². The van der Waals surface area contributed by atoms with Gasteiger partial charge in [0.25, 0.3) is 0 Å². The topological polar surface area (TPSA) is 73.3 Å². The van der Waals surface area contributed by atoms with Crippen molar-refractivity contribution in [1.82, 2.24) is 15.3 Å².